The molecule has 4 aliphatic rings. The Hall–Kier alpha value is -5.10. The molecule has 3 fully saturated rings. The van der Waals surface area contributed by atoms with Gasteiger partial charge in [-0.2, -0.15) is 37.4 Å². The molecule has 0 atom stereocenters. The van der Waals surface area contributed by atoms with Crippen LogP contribution in [0.2, 0.25) is 10.0 Å². The monoisotopic (exact) mass is 1000 g/mol. The zero-order valence-electron chi connectivity index (χ0n) is 37.3. The van der Waals surface area contributed by atoms with Crippen molar-refractivity contribution in [2.24, 2.45) is 17.6 Å². The summed E-state index contributed by atoms with van der Waals surface area (Å²) in [4.78, 5) is 6.59. The maximum atomic E-state index is 13.2. The number of aromatic nitrogens is 8. The standard InChI is InChI=1S/C15H20F2N4O2S.C14H18ClN5O2S.C14H14ClN5/c1-15(2)9-20(4-5-21(15)24(3,22)23)13-7-10(14(16)17)6-12-11(13)8-18-19-12;15-10-5-12-11(7-17-18-12)13(6-10)19-3-1-14(2-4-19)8-20(9-14)23(16,21)22;1-19-13-2-3-20(8-9(13)6-17-19)14-5-10(15)4-12-11(14)7-16-18-12/h6-8,14H,4-5,9H2,1-3H3,(H,18,19);5-7H,1-4,8-9H2,(H,17,18)(H2,16,21,22);4-7H,2-3,8H2,1H3,(H,16,18). The summed E-state index contributed by atoms with van der Waals surface area (Å²) in [5.41, 5.74) is 7.30. The van der Waals surface area contributed by atoms with Gasteiger partial charge in [0.15, 0.2) is 0 Å². The molecule has 5 N–H and O–H groups in total. The number of nitrogens with zero attached hydrogens (tertiary/aromatic N) is 10. The molecule has 7 aromatic rings. The normalized spacial score (nSPS) is 18.8. The molecule has 3 saturated heterocycles. The number of rotatable bonds is 6. The molecule has 4 aliphatic heterocycles. The Bertz CT molecular complexity index is 3180. The van der Waals surface area contributed by atoms with Gasteiger partial charge in [0.25, 0.3) is 16.6 Å². The minimum atomic E-state index is -3.54. The van der Waals surface area contributed by atoms with E-state index in [1.54, 1.807) is 6.20 Å². The van der Waals surface area contributed by atoms with Crippen LogP contribution in [0.15, 0.2) is 61.2 Å². The van der Waals surface area contributed by atoms with Crippen molar-refractivity contribution in [3.63, 3.8) is 0 Å². The quantitative estimate of drug-likeness (QED) is 0.147. The van der Waals surface area contributed by atoms with Gasteiger partial charge in [0.05, 0.1) is 47.6 Å². The van der Waals surface area contributed by atoms with E-state index in [-0.39, 0.29) is 11.0 Å². The minimum absolute atomic E-state index is 0.0786. The zero-order chi connectivity index (χ0) is 47.6. The number of hydrogen-bond acceptors (Lipinski definition) is 11. The van der Waals surface area contributed by atoms with Crippen molar-refractivity contribution in [1.29, 1.82) is 0 Å². The fraction of sp³-hybridized carbons (Fsp3) is 0.442. The number of halogens is 4. The first-order valence-electron chi connectivity index (χ1n) is 21.7. The Balaban J connectivity index is 0.000000126. The highest BCUT2D eigenvalue weighted by molar-refractivity contribution is 7.88. The second-order valence-electron chi connectivity index (χ2n) is 18.5. The van der Waals surface area contributed by atoms with E-state index in [2.05, 4.69) is 45.5 Å². The van der Waals surface area contributed by atoms with Gasteiger partial charge in [0.2, 0.25) is 10.0 Å². The molecule has 0 amide bonds. The third kappa shape index (κ3) is 9.53. The first-order chi connectivity index (χ1) is 31.7. The summed E-state index contributed by atoms with van der Waals surface area (Å²) in [6.45, 7) is 9.48. The van der Waals surface area contributed by atoms with E-state index in [4.69, 9.17) is 28.3 Å². The van der Waals surface area contributed by atoms with Gasteiger partial charge < -0.3 is 14.7 Å². The maximum Gasteiger partial charge on any atom is 0.276 e. The summed E-state index contributed by atoms with van der Waals surface area (Å²) < 4.78 is 77.7. The van der Waals surface area contributed by atoms with E-state index < -0.39 is 32.2 Å². The Morgan fingerprint density at radius 1 is 0.701 bits per heavy atom. The number of sulfonamides is 1. The van der Waals surface area contributed by atoms with Gasteiger partial charge in [0.1, 0.15) is 0 Å². The van der Waals surface area contributed by atoms with Crippen LogP contribution in [0.5, 0.6) is 0 Å². The molecule has 358 valence electrons. The average molecular weight is 1000 g/mol. The summed E-state index contributed by atoms with van der Waals surface area (Å²) in [6.07, 6.45) is 8.75. The van der Waals surface area contributed by atoms with Crippen LogP contribution in [0.3, 0.4) is 0 Å². The first-order valence-corrected chi connectivity index (χ1v) is 25.8. The summed E-state index contributed by atoms with van der Waals surface area (Å²) in [6, 6.07) is 10.6. The SMILES string of the molecule is CC1(C)CN(c2cc(C(F)F)cc3[nH]ncc23)CCN1S(C)(=O)=O.Cn1ncc2c1CCN(c1cc(Cl)cc3[nH]ncc13)C2.NS(=O)(=O)N1CC2(CCN(c3cc(Cl)cc4[nH]ncc34)CC2)C1. The van der Waals surface area contributed by atoms with E-state index in [0.717, 1.165) is 89.0 Å². The topological polar surface area (TPSA) is 214 Å². The van der Waals surface area contributed by atoms with Crippen molar-refractivity contribution in [2.75, 3.05) is 73.3 Å². The fourth-order valence-electron chi connectivity index (χ4n) is 10.0. The molecule has 0 bridgehead atoms. The lowest BCUT2D eigenvalue weighted by molar-refractivity contribution is 0.0438. The van der Waals surface area contributed by atoms with Crippen molar-refractivity contribution in [2.45, 2.75) is 51.6 Å². The molecule has 0 radical (unpaired) electrons. The summed E-state index contributed by atoms with van der Waals surface area (Å²) in [5, 5.41) is 34.7. The third-order valence-electron chi connectivity index (χ3n) is 13.4. The molecule has 4 aromatic heterocycles. The van der Waals surface area contributed by atoms with E-state index in [1.807, 2.05) is 73.3 Å². The third-order valence-corrected chi connectivity index (χ3v) is 16.3. The molecule has 0 saturated carbocycles. The predicted molar refractivity (Wildman–Crippen MR) is 258 cm³/mol. The van der Waals surface area contributed by atoms with Gasteiger partial charge in [-0.15, -0.1) is 0 Å². The molecule has 8 heterocycles. The number of piperidine rings is 1. The van der Waals surface area contributed by atoms with Crippen LogP contribution in [0, 0.1) is 5.41 Å². The molecular formula is C43H52Cl2F2N14O4S2. The second kappa shape index (κ2) is 17.8. The molecule has 0 unspecified atom stereocenters. The Kier molecular flexibility index (Phi) is 12.5. The lowest BCUT2D eigenvalue weighted by atomic mass is 9.73. The number of aromatic amines is 3. The van der Waals surface area contributed by atoms with Crippen LogP contribution in [0.1, 0.15) is 49.9 Å². The van der Waals surface area contributed by atoms with Crippen molar-refractivity contribution < 1.29 is 25.6 Å². The smallest absolute Gasteiger partial charge is 0.276 e. The largest absolute Gasteiger partial charge is 0.371 e. The van der Waals surface area contributed by atoms with E-state index >= 15 is 0 Å². The molecule has 3 aromatic carbocycles. The number of benzene rings is 3. The van der Waals surface area contributed by atoms with Gasteiger partial charge in [-0.05, 0) is 63.1 Å². The van der Waals surface area contributed by atoms with Crippen molar-refractivity contribution in [3.8, 4) is 0 Å². The number of nitrogens with one attached hydrogen (secondary N) is 3. The molecule has 0 aliphatic carbocycles. The number of aryl methyl sites for hydroxylation is 1. The van der Waals surface area contributed by atoms with Gasteiger partial charge >= 0.3 is 0 Å². The predicted octanol–water partition coefficient (Wildman–Crippen LogP) is 6.20. The first kappa shape index (κ1) is 47.0. The summed E-state index contributed by atoms with van der Waals surface area (Å²) in [7, 11) is -4.87. The lowest BCUT2D eigenvalue weighted by Gasteiger charge is -2.52. The van der Waals surface area contributed by atoms with Gasteiger partial charge in [-0.3, -0.25) is 20.0 Å². The highest BCUT2D eigenvalue weighted by Gasteiger charge is 2.48. The molecule has 1 spiro atoms. The molecule has 18 nitrogen and oxygen atoms in total. The van der Waals surface area contributed by atoms with E-state index in [9.17, 15) is 25.6 Å². The van der Waals surface area contributed by atoms with Gasteiger partial charge in [0, 0.05) is 143 Å². The molecule has 24 heteroatoms. The zero-order valence-corrected chi connectivity index (χ0v) is 40.5. The second-order valence-corrected chi connectivity index (χ2v) is 22.8. The van der Waals surface area contributed by atoms with Crippen molar-refractivity contribution >= 4 is 93.2 Å². The van der Waals surface area contributed by atoms with Crippen molar-refractivity contribution in [3.05, 3.63) is 88.1 Å². The molecule has 11 rings (SSSR count). The van der Waals surface area contributed by atoms with Crippen LogP contribution in [-0.2, 0) is 40.2 Å². The number of piperazine rings is 1. The van der Waals surface area contributed by atoms with E-state index in [0.29, 0.717) is 49.0 Å². The van der Waals surface area contributed by atoms with Crippen LogP contribution in [0.4, 0.5) is 25.8 Å². The van der Waals surface area contributed by atoms with Crippen LogP contribution < -0.4 is 19.8 Å². The van der Waals surface area contributed by atoms with Gasteiger partial charge in [-0.25, -0.2) is 22.3 Å². The Morgan fingerprint density at radius 3 is 1.76 bits per heavy atom. The maximum absolute atomic E-state index is 13.2. The fourth-order valence-corrected chi connectivity index (χ4v) is 12.7. The number of hydrogen-bond donors (Lipinski definition) is 4. The highest BCUT2D eigenvalue weighted by atomic mass is 35.5. The Morgan fingerprint density at radius 2 is 1.24 bits per heavy atom. The number of fused-ring (bicyclic) bond motifs is 4. The average Bonchev–Trinajstić information content (AvgIpc) is 4.09. The summed E-state index contributed by atoms with van der Waals surface area (Å²) >= 11 is 12.4. The molecular weight excluding hydrogens is 950 g/mol. The highest BCUT2D eigenvalue weighted by Crippen LogP contribution is 2.43. The van der Waals surface area contributed by atoms with Crippen LogP contribution in [0.25, 0.3) is 32.7 Å². The number of nitrogens with two attached hydrogens (primary N) is 1. The van der Waals surface area contributed by atoms with Crippen LogP contribution >= 0.6 is 23.2 Å². The summed E-state index contributed by atoms with van der Waals surface area (Å²) in [5.74, 6) is 0. The number of anilines is 3. The number of alkyl halides is 2. The van der Waals surface area contributed by atoms with Crippen molar-refractivity contribution in [1.82, 2.24) is 49.0 Å². The van der Waals surface area contributed by atoms with Crippen LogP contribution in [-0.4, -0.2) is 130 Å². The lowest BCUT2D eigenvalue weighted by Crippen LogP contribution is -2.63. The molecule has 67 heavy (non-hydrogen) atoms. The number of H-pyrrole nitrogens is 3. The van der Waals surface area contributed by atoms with Gasteiger partial charge in [-0.1, -0.05) is 23.2 Å². The minimum Gasteiger partial charge on any atom is -0.371 e. The Labute approximate surface area is 396 Å². The van der Waals surface area contributed by atoms with E-state index in [1.165, 1.54) is 38.3 Å².